The molecule has 0 aromatic carbocycles. The number of likely N-dealkylation sites (tertiary alicyclic amines) is 1. The molecule has 14 heavy (non-hydrogen) atoms. The van der Waals surface area contributed by atoms with Crippen LogP contribution in [-0.4, -0.2) is 34.4 Å². The largest absolute Gasteiger partial charge is 0.409 e. The molecule has 1 saturated carbocycles. The van der Waals surface area contributed by atoms with Crippen molar-refractivity contribution >= 4 is 11.7 Å². The highest BCUT2D eigenvalue weighted by molar-refractivity contribution is 5.92. The zero-order chi connectivity index (χ0) is 10.3. The quantitative estimate of drug-likeness (QED) is 0.283. The Hall–Kier alpha value is -1.26. The van der Waals surface area contributed by atoms with Crippen molar-refractivity contribution in [2.75, 3.05) is 6.54 Å². The molecule has 2 atom stereocenters. The maximum absolute atomic E-state index is 11.8. The molecule has 0 aromatic rings. The molecule has 2 fully saturated rings. The molecule has 0 radical (unpaired) electrons. The van der Waals surface area contributed by atoms with E-state index in [2.05, 4.69) is 5.16 Å². The number of carbonyl (C=O) groups is 1. The number of rotatable bonds is 2. The van der Waals surface area contributed by atoms with Gasteiger partial charge < -0.3 is 15.8 Å². The first-order valence-corrected chi connectivity index (χ1v) is 4.93. The number of hydrogen-bond donors (Lipinski definition) is 2. The SMILES string of the molecule is C[C@H]1C(=O)N(C2CC2)C[C@H]1C(N)=NO. The van der Waals surface area contributed by atoms with Gasteiger partial charge in [0, 0.05) is 24.4 Å². The number of amides is 1. The molecular weight excluding hydrogens is 182 g/mol. The van der Waals surface area contributed by atoms with E-state index in [0.717, 1.165) is 12.8 Å². The van der Waals surface area contributed by atoms with E-state index < -0.39 is 0 Å². The molecule has 1 aliphatic carbocycles. The number of carbonyl (C=O) groups excluding carboxylic acids is 1. The van der Waals surface area contributed by atoms with Crippen LogP contribution in [0.4, 0.5) is 0 Å². The lowest BCUT2D eigenvalue weighted by Crippen LogP contribution is -2.30. The van der Waals surface area contributed by atoms with Crippen LogP contribution in [0.25, 0.3) is 0 Å². The summed E-state index contributed by atoms with van der Waals surface area (Å²) < 4.78 is 0. The molecule has 0 spiro atoms. The lowest BCUT2D eigenvalue weighted by atomic mass is 9.97. The van der Waals surface area contributed by atoms with E-state index >= 15 is 0 Å². The second-order valence-corrected chi connectivity index (χ2v) is 4.14. The summed E-state index contributed by atoms with van der Waals surface area (Å²) in [5, 5.41) is 11.6. The van der Waals surface area contributed by atoms with Gasteiger partial charge in [-0.05, 0) is 12.8 Å². The smallest absolute Gasteiger partial charge is 0.226 e. The van der Waals surface area contributed by atoms with Crippen LogP contribution < -0.4 is 5.73 Å². The predicted octanol–water partition coefficient (Wildman–Crippen LogP) is -0.0103. The zero-order valence-corrected chi connectivity index (χ0v) is 8.18. The van der Waals surface area contributed by atoms with Crippen LogP contribution in [0.2, 0.25) is 0 Å². The summed E-state index contributed by atoms with van der Waals surface area (Å²) in [6.45, 7) is 2.45. The summed E-state index contributed by atoms with van der Waals surface area (Å²) in [6, 6.07) is 0.418. The number of amidine groups is 1. The molecule has 1 heterocycles. The van der Waals surface area contributed by atoms with Gasteiger partial charge in [0.2, 0.25) is 5.91 Å². The summed E-state index contributed by atoms with van der Waals surface area (Å²) in [6.07, 6.45) is 2.20. The van der Waals surface area contributed by atoms with Gasteiger partial charge in [-0.3, -0.25) is 4.79 Å². The lowest BCUT2D eigenvalue weighted by molar-refractivity contribution is -0.131. The first kappa shape index (κ1) is 9.30. The van der Waals surface area contributed by atoms with Crippen LogP contribution in [0.5, 0.6) is 0 Å². The third kappa shape index (κ3) is 1.32. The van der Waals surface area contributed by atoms with Crippen molar-refractivity contribution in [3.63, 3.8) is 0 Å². The van der Waals surface area contributed by atoms with Crippen LogP contribution in [0.3, 0.4) is 0 Å². The second-order valence-electron chi connectivity index (χ2n) is 4.14. The highest BCUT2D eigenvalue weighted by Gasteiger charge is 2.45. The molecule has 5 nitrogen and oxygen atoms in total. The lowest BCUT2D eigenvalue weighted by Gasteiger charge is -2.14. The average molecular weight is 197 g/mol. The van der Waals surface area contributed by atoms with E-state index in [1.807, 2.05) is 11.8 Å². The Labute approximate surface area is 82.6 Å². The van der Waals surface area contributed by atoms with Crippen LogP contribution in [0, 0.1) is 11.8 Å². The van der Waals surface area contributed by atoms with E-state index in [-0.39, 0.29) is 23.6 Å². The van der Waals surface area contributed by atoms with Crippen LogP contribution >= 0.6 is 0 Å². The predicted molar refractivity (Wildman–Crippen MR) is 50.8 cm³/mol. The fourth-order valence-electron chi connectivity index (χ4n) is 2.03. The van der Waals surface area contributed by atoms with Crippen molar-refractivity contribution in [1.29, 1.82) is 0 Å². The third-order valence-corrected chi connectivity index (χ3v) is 3.15. The molecule has 3 N–H and O–H groups in total. The summed E-state index contributed by atoms with van der Waals surface area (Å²) in [7, 11) is 0. The summed E-state index contributed by atoms with van der Waals surface area (Å²) in [4.78, 5) is 13.6. The van der Waals surface area contributed by atoms with Crippen LogP contribution in [0.15, 0.2) is 5.16 Å². The number of nitrogens with two attached hydrogens (primary N) is 1. The molecule has 0 unspecified atom stereocenters. The molecule has 1 saturated heterocycles. The Bertz CT molecular complexity index is 286. The topological polar surface area (TPSA) is 78.9 Å². The Kier molecular flexibility index (Phi) is 2.09. The van der Waals surface area contributed by atoms with Crippen LogP contribution in [0.1, 0.15) is 19.8 Å². The van der Waals surface area contributed by atoms with Gasteiger partial charge in [-0.2, -0.15) is 0 Å². The zero-order valence-electron chi connectivity index (χ0n) is 8.18. The Balaban J connectivity index is 2.12. The summed E-state index contributed by atoms with van der Waals surface area (Å²) in [5.74, 6) is 0.0534. The van der Waals surface area contributed by atoms with Crippen molar-refractivity contribution in [1.82, 2.24) is 4.90 Å². The van der Waals surface area contributed by atoms with Crippen molar-refractivity contribution in [3.05, 3.63) is 0 Å². The maximum Gasteiger partial charge on any atom is 0.226 e. The first-order valence-electron chi connectivity index (χ1n) is 4.93. The van der Waals surface area contributed by atoms with Gasteiger partial charge >= 0.3 is 0 Å². The molecule has 2 aliphatic rings. The first-order chi connectivity index (χ1) is 6.65. The molecule has 2 rings (SSSR count). The Morgan fingerprint density at radius 1 is 1.64 bits per heavy atom. The molecule has 0 bridgehead atoms. The van der Waals surface area contributed by atoms with Crippen LogP contribution in [-0.2, 0) is 4.79 Å². The van der Waals surface area contributed by atoms with Crippen molar-refractivity contribution < 1.29 is 10.0 Å². The van der Waals surface area contributed by atoms with Gasteiger partial charge in [0.1, 0.15) is 5.84 Å². The van der Waals surface area contributed by atoms with E-state index in [1.165, 1.54) is 0 Å². The normalized spacial score (nSPS) is 33.9. The fourth-order valence-corrected chi connectivity index (χ4v) is 2.03. The van der Waals surface area contributed by atoms with Crippen molar-refractivity contribution in [2.24, 2.45) is 22.7 Å². The second kappa shape index (κ2) is 3.15. The monoisotopic (exact) mass is 197 g/mol. The van der Waals surface area contributed by atoms with Gasteiger partial charge in [0.05, 0.1) is 0 Å². The maximum atomic E-state index is 11.8. The highest BCUT2D eigenvalue weighted by Crippen LogP contribution is 2.35. The third-order valence-electron chi connectivity index (χ3n) is 3.15. The molecule has 5 heteroatoms. The van der Waals surface area contributed by atoms with Crippen molar-refractivity contribution in [2.45, 2.75) is 25.8 Å². The minimum Gasteiger partial charge on any atom is -0.409 e. The number of nitrogens with zero attached hydrogens (tertiary/aromatic N) is 2. The molecule has 1 aliphatic heterocycles. The minimum atomic E-state index is -0.147. The Morgan fingerprint density at radius 2 is 2.29 bits per heavy atom. The van der Waals surface area contributed by atoms with E-state index in [1.54, 1.807) is 0 Å². The molecule has 1 amide bonds. The Morgan fingerprint density at radius 3 is 2.79 bits per heavy atom. The van der Waals surface area contributed by atoms with Gasteiger partial charge in [0.15, 0.2) is 0 Å². The molecule has 78 valence electrons. The van der Waals surface area contributed by atoms with Crippen molar-refractivity contribution in [3.8, 4) is 0 Å². The standard InChI is InChI=1S/C9H15N3O2/c1-5-7(8(10)11-14)4-12(9(5)13)6-2-3-6/h5-7,14H,2-4H2,1H3,(H2,10,11)/t5-,7-/m1/s1. The van der Waals surface area contributed by atoms with Gasteiger partial charge in [-0.25, -0.2) is 0 Å². The fraction of sp³-hybridized carbons (Fsp3) is 0.778. The molecular formula is C9H15N3O2. The van der Waals surface area contributed by atoms with E-state index in [0.29, 0.717) is 12.6 Å². The number of hydrogen-bond acceptors (Lipinski definition) is 3. The van der Waals surface area contributed by atoms with Gasteiger partial charge in [-0.1, -0.05) is 12.1 Å². The van der Waals surface area contributed by atoms with Gasteiger partial charge in [-0.15, -0.1) is 0 Å². The van der Waals surface area contributed by atoms with E-state index in [4.69, 9.17) is 10.9 Å². The summed E-state index contributed by atoms with van der Waals surface area (Å²) in [5.41, 5.74) is 5.53. The summed E-state index contributed by atoms with van der Waals surface area (Å²) >= 11 is 0. The van der Waals surface area contributed by atoms with E-state index in [9.17, 15) is 4.79 Å². The molecule has 0 aromatic heterocycles. The average Bonchev–Trinajstić information content (AvgIpc) is 2.97. The highest BCUT2D eigenvalue weighted by atomic mass is 16.4. The van der Waals surface area contributed by atoms with Gasteiger partial charge in [0.25, 0.3) is 0 Å². The minimum absolute atomic E-state index is 0.118. The number of oxime groups is 1.